The summed E-state index contributed by atoms with van der Waals surface area (Å²) in [5.74, 6) is 0.852. The number of likely N-dealkylation sites (tertiary alicyclic amines) is 1. The lowest BCUT2D eigenvalue weighted by Gasteiger charge is -2.44. The van der Waals surface area contributed by atoms with E-state index in [1.165, 1.54) is 83.7 Å². The minimum absolute atomic E-state index is 0.371. The monoisotopic (exact) mass is 280 g/mol. The Bertz CT molecular complexity index is 265. The van der Waals surface area contributed by atoms with E-state index in [4.69, 9.17) is 5.73 Å². The fraction of sp³-hybridized carbons (Fsp3) is 1.00. The Morgan fingerprint density at radius 1 is 1.05 bits per heavy atom. The third-order valence-electron chi connectivity index (χ3n) is 6.03. The largest absolute Gasteiger partial charge is 0.326 e. The summed E-state index contributed by atoms with van der Waals surface area (Å²) in [7, 11) is 0. The van der Waals surface area contributed by atoms with E-state index in [0.717, 1.165) is 5.92 Å². The van der Waals surface area contributed by atoms with E-state index in [1.807, 2.05) is 0 Å². The summed E-state index contributed by atoms with van der Waals surface area (Å²) in [6.07, 6.45) is 14.9. The topological polar surface area (TPSA) is 29.3 Å². The van der Waals surface area contributed by atoms with Gasteiger partial charge in [-0.3, -0.25) is 4.90 Å². The molecule has 0 spiro atoms. The van der Waals surface area contributed by atoms with Crippen LogP contribution >= 0.6 is 0 Å². The molecule has 1 aliphatic heterocycles. The molecule has 0 bridgehead atoms. The minimum atomic E-state index is 0.371. The van der Waals surface area contributed by atoms with Gasteiger partial charge in [0.1, 0.15) is 0 Å². The number of nitrogens with zero attached hydrogens (tertiary/aromatic N) is 1. The van der Waals surface area contributed by atoms with Crippen molar-refractivity contribution in [1.29, 1.82) is 0 Å². The molecule has 2 N–H and O–H groups in total. The second kappa shape index (κ2) is 7.79. The summed E-state index contributed by atoms with van der Waals surface area (Å²) >= 11 is 0. The maximum Gasteiger partial charge on any atom is 0.0360 e. The molecule has 0 aromatic heterocycles. The zero-order chi connectivity index (χ0) is 14.4. The van der Waals surface area contributed by atoms with Crippen LogP contribution in [0.4, 0.5) is 0 Å². The third-order valence-corrected chi connectivity index (χ3v) is 6.03. The summed E-state index contributed by atoms with van der Waals surface area (Å²) in [6, 6.07) is 0.407. The molecule has 2 rings (SSSR count). The van der Waals surface area contributed by atoms with Crippen LogP contribution in [0.2, 0.25) is 0 Å². The van der Waals surface area contributed by atoms with E-state index in [2.05, 4.69) is 18.7 Å². The van der Waals surface area contributed by atoms with Gasteiger partial charge in [0.05, 0.1) is 0 Å². The van der Waals surface area contributed by atoms with Crippen molar-refractivity contribution in [3.05, 3.63) is 0 Å². The number of nitrogens with two attached hydrogens (primary N) is 1. The smallest absolute Gasteiger partial charge is 0.0360 e. The summed E-state index contributed by atoms with van der Waals surface area (Å²) < 4.78 is 0. The zero-order valence-corrected chi connectivity index (χ0v) is 13.9. The van der Waals surface area contributed by atoms with Crippen molar-refractivity contribution in [2.75, 3.05) is 13.1 Å². The molecule has 20 heavy (non-hydrogen) atoms. The molecular formula is C18H36N2. The van der Waals surface area contributed by atoms with Gasteiger partial charge in [0.15, 0.2) is 0 Å². The molecule has 0 amide bonds. The highest BCUT2D eigenvalue weighted by molar-refractivity contribution is 5.03. The van der Waals surface area contributed by atoms with Crippen LogP contribution in [0.15, 0.2) is 0 Å². The zero-order valence-electron chi connectivity index (χ0n) is 13.9. The molecule has 118 valence electrons. The molecule has 1 saturated heterocycles. The van der Waals surface area contributed by atoms with Gasteiger partial charge in [-0.15, -0.1) is 0 Å². The molecule has 0 radical (unpaired) electrons. The third kappa shape index (κ3) is 3.57. The van der Waals surface area contributed by atoms with E-state index in [9.17, 15) is 0 Å². The van der Waals surface area contributed by atoms with Crippen LogP contribution in [0, 0.1) is 5.92 Å². The summed E-state index contributed by atoms with van der Waals surface area (Å²) in [6.45, 7) is 7.26. The Labute approximate surface area is 126 Å². The minimum Gasteiger partial charge on any atom is -0.326 e. The van der Waals surface area contributed by atoms with Crippen LogP contribution in [0.25, 0.3) is 0 Å². The highest BCUT2D eigenvalue weighted by Crippen LogP contribution is 2.41. The summed E-state index contributed by atoms with van der Waals surface area (Å²) in [5, 5.41) is 0. The molecule has 0 aromatic carbocycles. The standard InChI is InChI=1S/C18H36N2/c1-3-5-10-16(4-2)15-17(19)18(11-6-7-12-18)20-13-8-9-14-20/h16-17H,3-15,19H2,1-2H3. The van der Waals surface area contributed by atoms with Gasteiger partial charge in [0, 0.05) is 11.6 Å². The van der Waals surface area contributed by atoms with E-state index in [0.29, 0.717) is 11.6 Å². The second-order valence-corrected chi connectivity index (χ2v) is 7.26. The highest BCUT2D eigenvalue weighted by Gasteiger charge is 2.45. The molecule has 2 unspecified atom stereocenters. The molecule has 2 atom stereocenters. The molecular weight excluding hydrogens is 244 g/mol. The average Bonchev–Trinajstić information content (AvgIpc) is 3.13. The lowest BCUT2D eigenvalue weighted by molar-refractivity contribution is 0.0806. The maximum absolute atomic E-state index is 6.80. The predicted molar refractivity (Wildman–Crippen MR) is 87.9 cm³/mol. The van der Waals surface area contributed by atoms with Gasteiger partial charge in [-0.25, -0.2) is 0 Å². The van der Waals surface area contributed by atoms with Crippen LogP contribution in [-0.2, 0) is 0 Å². The van der Waals surface area contributed by atoms with Crippen molar-refractivity contribution >= 4 is 0 Å². The van der Waals surface area contributed by atoms with Crippen LogP contribution in [0.3, 0.4) is 0 Å². The first-order chi connectivity index (χ1) is 9.73. The average molecular weight is 280 g/mol. The molecule has 2 fully saturated rings. The van der Waals surface area contributed by atoms with Gasteiger partial charge in [-0.1, -0.05) is 52.4 Å². The van der Waals surface area contributed by atoms with Gasteiger partial charge >= 0.3 is 0 Å². The van der Waals surface area contributed by atoms with Gasteiger partial charge in [0.2, 0.25) is 0 Å². The molecule has 0 aromatic rings. The number of rotatable bonds is 8. The van der Waals surface area contributed by atoms with Crippen molar-refractivity contribution in [2.45, 2.75) is 96.1 Å². The Balaban J connectivity index is 1.97. The Morgan fingerprint density at radius 2 is 1.70 bits per heavy atom. The van der Waals surface area contributed by atoms with E-state index in [1.54, 1.807) is 0 Å². The number of hydrogen-bond acceptors (Lipinski definition) is 2. The van der Waals surface area contributed by atoms with Crippen LogP contribution in [-0.4, -0.2) is 29.6 Å². The molecule has 1 heterocycles. The molecule has 2 aliphatic rings. The Morgan fingerprint density at radius 3 is 2.25 bits per heavy atom. The summed E-state index contributed by atoms with van der Waals surface area (Å²) in [5.41, 5.74) is 7.17. The number of hydrogen-bond donors (Lipinski definition) is 1. The van der Waals surface area contributed by atoms with Crippen molar-refractivity contribution in [3.8, 4) is 0 Å². The first-order valence-electron chi connectivity index (χ1n) is 9.23. The SMILES string of the molecule is CCCCC(CC)CC(N)C1(N2CCCC2)CCCC1. The second-order valence-electron chi connectivity index (χ2n) is 7.26. The molecule has 1 aliphatic carbocycles. The highest BCUT2D eigenvalue weighted by atomic mass is 15.2. The van der Waals surface area contributed by atoms with Crippen molar-refractivity contribution in [3.63, 3.8) is 0 Å². The lowest BCUT2D eigenvalue weighted by Crippen LogP contribution is -2.58. The first kappa shape index (κ1) is 16.3. The quantitative estimate of drug-likeness (QED) is 0.717. The fourth-order valence-corrected chi connectivity index (χ4v) is 4.63. The van der Waals surface area contributed by atoms with Gasteiger partial charge < -0.3 is 5.73 Å². The molecule has 1 saturated carbocycles. The van der Waals surface area contributed by atoms with Crippen LogP contribution in [0.1, 0.15) is 84.5 Å². The molecule has 2 nitrogen and oxygen atoms in total. The van der Waals surface area contributed by atoms with E-state index < -0.39 is 0 Å². The van der Waals surface area contributed by atoms with E-state index >= 15 is 0 Å². The fourth-order valence-electron chi connectivity index (χ4n) is 4.63. The predicted octanol–water partition coefficient (Wildman–Crippen LogP) is 4.33. The van der Waals surface area contributed by atoms with Crippen molar-refractivity contribution in [2.24, 2.45) is 11.7 Å². The summed E-state index contributed by atoms with van der Waals surface area (Å²) in [4.78, 5) is 2.78. The van der Waals surface area contributed by atoms with Crippen molar-refractivity contribution in [1.82, 2.24) is 4.90 Å². The van der Waals surface area contributed by atoms with E-state index in [-0.39, 0.29) is 0 Å². The normalized spacial score (nSPS) is 25.9. The number of unbranched alkanes of at least 4 members (excludes halogenated alkanes) is 1. The van der Waals surface area contributed by atoms with Crippen LogP contribution < -0.4 is 5.73 Å². The van der Waals surface area contributed by atoms with Gasteiger partial charge in [-0.05, 0) is 51.1 Å². The molecule has 2 heteroatoms. The Kier molecular flexibility index (Phi) is 6.35. The van der Waals surface area contributed by atoms with Crippen molar-refractivity contribution < 1.29 is 0 Å². The van der Waals surface area contributed by atoms with Gasteiger partial charge in [0.25, 0.3) is 0 Å². The van der Waals surface area contributed by atoms with Crippen LogP contribution in [0.5, 0.6) is 0 Å². The maximum atomic E-state index is 6.80. The Hall–Kier alpha value is -0.0800. The van der Waals surface area contributed by atoms with Gasteiger partial charge in [-0.2, -0.15) is 0 Å². The first-order valence-corrected chi connectivity index (χ1v) is 9.23. The lowest BCUT2D eigenvalue weighted by atomic mass is 9.80.